The van der Waals surface area contributed by atoms with Crippen LogP contribution >= 0.6 is 0 Å². The van der Waals surface area contributed by atoms with E-state index in [9.17, 15) is 4.79 Å². The average Bonchev–Trinajstić information content (AvgIpc) is 2.47. The normalized spacial score (nSPS) is 31.1. The molecule has 0 aliphatic heterocycles. The molecule has 0 heterocycles. The van der Waals surface area contributed by atoms with Crippen LogP contribution < -0.4 is 11.1 Å². The topological polar surface area (TPSA) is 55.1 Å². The summed E-state index contributed by atoms with van der Waals surface area (Å²) in [4.78, 5) is 12.7. The largest absolute Gasteiger partial charge is 0.327 e. The van der Waals surface area contributed by atoms with Crippen LogP contribution in [0.3, 0.4) is 0 Å². The Morgan fingerprint density at radius 3 is 2.45 bits per heavy atom. The van der Waals surface area contributed by atoms with Crippen molar-refractivity contribution in [3.05, 3.63) is 29.8 Å². The van der Waals surface area contributed by atoms with Crippen molar-refractivity contribution in [1.29, 1.82) is 0 Å². The maximum atomic E-state index is 12.7. The molecular weight excluding hydrogens is 272 g/mol. The molecule has 2 saturated carbocycles. The molecular formula is C19H28N2O. The van der Waals surface area contributed by atoms with Crippen LogP contribution in [0.5, 0.6) is 0 Å². The zero-order valence-electron chi connectivity index (χ0n) is 13.7. The number of amides is 1. The molecule has 3 heteroatoms. The van der Waals surface area contributed by atoms with E-state index in [2.05, 4.69) is 25.2 Å². The summed E-state index contributed by atoms with van der Waals surface area (Å²) in [5, 5.41) is 3.19. The summed E-state index contributed by atoms with van der Waals surface area (Å²) in [5.41, 5.74) is 8.52. The van der Waals surface area contributed by atoms with Gasteiger partial charge in [-0.25, -0.2) is 0 Å². The number of hydrogen-bond donors (Lipinski definition) is 2. The van der Waals surface area contributed by atoms with Gasteiger partial charge in [0.05, 0.1) is 0 Å². The van der Waals surface area contributed by atoms with Gasteiger partial charge in [-0.05, 0) is 55.1 Å². The van der Waals surface area contributed by atoms with Crippen LogP contribution in [-0.4, -0.2) is 11.9 Å². The van der Waals surface area contributed by atoms with Crippen molar-refractivity contribution in [2.75, 3.05) is 5.32 Å². The number of rotatable bonds is 3. The molecule has 2 aliphatic rings. The third-order valence-corrected chi connectivity index (χ3v) is 5.62. The summed E-state index contributed by atoms with van der Waals surface area (Å²) >= 11 is 0. The molecule has 2 atom stereocenters. The van der Waals surface area contributed by atoms with Crippen LogP contribution in [0.2, 0.25) is 0 Å². The summed E-state index contributed by atoms with van der Waals surface area (Å²) in [7, 11) is 0. The summed E-state index contributed by atoms with van der Waals surface area (Å²) in [6.45, 7) is 4.32. The highest BCUT2D eigenvalue weighted by atomic mass is 16.1. The predicted octanol–water partition coefficient (Wildman–Crippen LogP) is 3.90. The molecule has 0 aromatic heterocycles. The predicted molar refractivity (Wildman–Crippen MR) is 90.7 cm³/mol. The quantitative estimate of drug-likeness (QED) is 0.889. The molecule has 0 saturated heterocycles. The van der Waals surface area contributed by atoms with E-state index in [1.807, 2.05) is 18.2 Å². The lowest BCUT2D eigenvalue weighted by molar-refractivity contribution is -0.122. The standard InChI is InChI=1S/C19H28N2O/c1-12(2)16-8-3-4-9-17(16)21-19(22)15-10-13-6-5-7-14(11-15)18(13)20/h3-4,8-9,12-15,18H,5-7,10-11,20H2,1-2H3,(H,21,22). The van der Waals surface area contributed by atoms with E-state index in [4.69, 9.17) is 5.73 Å². The summed E-state index contributed by atoms with van der Waals surface area (Å²) in [5.74, 6) is 1.83. The van der Waals surface area contributed by atoms with Gasteiger partial charge in [0.1, 0.15) is 0 Å². The molecule has 3 N–H and O–H groups in total. The molecule has 2 unspecified atom stereocenters. The zero-order valence-corrected chi connectivity index (χ0v) is 13.7. The lowest BCUT2D eigenvalue weighted by atomic mass is 9.65. The van der Waals surface area contributed by atoms with Crippen LogP contribution in [-0.2, 0) is 4.79 Å². The van der Waals surface area contributed by atoms with E-state index in [1.54, 1.807) is 0 Å². The minimum atomic E-state index is 0.135. The van der Waals surface area contributed by atoms with Gasteiger partial charge in [0, 0.05) is 17.6 Å². The van der Waals surface area contributed by atoms with Crippen LogP contribution in [0.1, 0.15) is 57.4 Å². The minimum Gasteiger partial charge on any atom is -0.327 e. The van der Waals surface area contributed by atoms with Gasteiger partial charge in [-0.2, -0.15) is 0 Å². The van der Waals surface area contributed by atoms with E-state index in [0.717, 1.165) is 18.5 Å². The molecule has 3 rings (SSSR count). The maximum Gasteiger partial charge on any atom is 0.227 e. The van der Waals surface area contributed by atoms with E-state index in [0.29, 0.717) is 23.8 Å². The highest BCUT2D eigenvalue weighted by molar-refractivity contribution is 5.93. The fraction of sp³-hybridized carbons (Fsp3) is 0.632. The van der Waals surface area contributed by atoms with E-state index in [-0.39, 0.29) is 11.8 Å². The second-order valence-corrected chi connectivity index (χ2v) is 7.43. The Morgan fingerprint density at radius 1 is 1.18 bits per heavy atom. The number of nitrogens with two attached hydrogens (primary N) is 1. The molecule has 2 aliphatic carbocycles. The van der Waals surface area contributed by atoms with Gasteiger partial charge in [0.25, 0.3) is 0 Å². The fourth-order valence-corrected chi connectivity index (χ4v) is 4.35. The monoisotopic (exact) mass is 300 g/mol. The van der Waals surface area contributed by atoms with Gasteiger partial charge in [-0.15, -0.1) is 0 Å². The molecule has 0 spiro atoms. The number of carbonyl (C=O) groups is 1. The average molecular weight is 300 g/mol. The molecule has 120 valence electrons. The first-order valence-electron chi connectivity index (χ1n) is 8.71. The molecule has 1 amide bonds. The number of para-hydroxylation sites is 1. The van der Waals surface area contributed by atoms with E-state index < -0.39 is 0 Å². The molecule has 0 radical (unpaired) electrons. The smallest absolute Gasteiger partial charge is 0.227 e. The van der Waals surface area contributed by atoms with Crippen molar-refractivity contribution in [1.82, 2.24) is 0 Å². The van der Waals surface area contributed by atoms with Crippen molar-refractivity contribution in [3.63, 3.8) is 0 Å². The van der Waals surface area contributed by atoms with Gasteiger partial charge in [-0.3, -0.25) is 4.79 Å². The lowest BCUT2D eigenvalue weighted by Crippen LogP contribution is -2.48. The molecule has 2 fully saturated rings. The number of fused-ring (bicyclic) bond motifs is 2. The Balaban J connectivity index is 1.70. The summed E-state index contributed by atoms with van der Waals surface area (Å²) < 4.78 is 0. The van der Waals surface area contributed by atoms with Crippen LogP contribution in [0.15, 0.2) is 24.3 Å². The van der Waals surface area contributed by atoms with Gasteiger partial charge >= 0.3 is 0 Å². The number of hydrogen-bond acceptors (Lipinski definition) is 2. The van der Waals surface area contributed by atoms with Gasteiger partial charge in [0.15, 0.2) is 0 Å². The number of nitrogens with one attached hydrogen (secondary N) is 1. The van der Waals surface area contributed by atoms with Crippen molar-refractivity contribution >= 4 is 11.6 Å². The van der Waals surface area contributed by atoms with Gasteiger partial charge in [-0.1, -0.05) is 38.5 Å². The van der Waals surface area contributed by atoms with Crippen molar-refractivity contribution in [3.8, 4) is 0 Å². The highest BCUT2D eigenvalue weighted by Gasteiger charge is 2.40. The lowest BCUT2D eigenvalue weighted by Gasteiger charge is -2.43. The SMILES string of the molecule is CC(C)c1ccccc1NC(=O)C1CC2CCCC(C1)C2N. The van der Waals surface area contributed by atoms with Crippen molar-refractivity contribution in [2.24, 2.45) is 23.5 Å². The summed E-state index contributed by atoms with van der Waals surface area (Å²) in [6.07, 6.45) is 5.61. The third-order valence-electron chi connectivity index (χ3n) is 5.62. The van der Waals surface area contributed by atoms with Crippen molar-refractivity contribution < 1.29 is 4.79 Å². The second-order valence-electron chi connectivity index (χ2n) is 7.43. The molecule has 1 aromatic carbocycles. The second kappa shape index (κ2) is 6.41. The van der Waals surface area contributed by atoms with Crippen molar-refractivity contribution in [2.45, 2.75) is 57.9 Å². The maximum absolute atomic E-state index is 12.7. The first-order valence-corrected chi connectivity index (χ1v) is 8.71. The van der Waals surface area contributed by atoms with Gasteiger partial charge in [0.2, 0.25) is 5.91 Å². The van der Waals surface area contributed by atoms with Gasteiger partial charge < -0.3 is 11.1 Å². The Kier molecular flexibility index (Phi) is 4.53. The summed E-state index contributed by atoms with van der Waals surface area (Å²) in [6, 6.07) is 8.47. The molecule has 3 nitrogen and oxygen atoms in total. The third kappa shape index (κ3) is 3.05. The molecule has 22 heavy (non-hydrogen) atoms. The molecule has 2 bridgehead atoms. The number of carbonyl (C=O) groups excluding carboxylic acids is 1. The number of benzene rings is 1. The fourth-order valence-electron chi connectivity index (χ4n) is 4.35. The number of anilines is 1. The first-order chi connectivity index (χ1) is 10.6. The van der Waals surface area contributed by atoms with Crippen LogP contribution in [0.4, 0.5) is 5.69 Å². The van der Waals surface area contributed by atoms with E-state index >= 15 is 0 Å². The van der Waals surface area contributed by atoms with E-state index in [1.165, 1.54) is 24.8 Å². The Bertz CT molecular complexity index is 526. The van der Waals surface area contributed by atoms with Crippen LogP contribution in [0.25, 0.3) is 0 Å². The highest BCUT2D eigenvalue weighted by Crippen LogP contribution is 2.42. The zero-order chi connectivity index (χ0) is 15.7. The first kappa shape index (κ1) is 15.5. The molecule has 1 aromatic rings. The van der Waals surface area contributed by atoms with Crippen LogP contribution in [0, 0.1) is 17.8 Å². The minimum absolute atomic E-state index is 0.135. The Labute approximate surface area is 133 Å². The Morgan fingerprint density at radius 2 is 1.82 bits per heavy atom. The Hall–Kier alpha value is -1.35.